The monoisotopic (exact) mass is 340 g/mol. The number of hydrogen-bond donors (Lipinski definition) is 1. The van der Waals surface area contributed by atoms with Crippen LogP contribution in [-0.2, 0) is 17.9 Å². The maximum Gasteiger partial charge on any atom is 0.219 e. The van der Waals surface area contributed by atoms with E-state index in [0.29, 0.717) is 12.0 Å². The minimum absolute atomic E-state index is 0.194. The van der Waals surface area contributed by atoms with Gasteiger partial charge in [-0.2, -0.15) is 5.10 Å². The van der Waals surface area contributed by atoms with E-state index >= 15 is 0 Å². The minimum Gasteiger partial charge on any atom is -0.343 e. The Kier molecular flexibility index (Phi) is 5.87. The summed E-state index contributed by atoms with van der Waals surface area (Å²) in [5.74, 6) is 0.719. The summed E-state index contributed by atoms with van der Waals surface area (Å²) in [6.45, 7) is 7.24. The van der Waals surface area contributed by atoms with Crippen molar-refractivity contribution in [2.75, 3.05) is 13.1 Å². The van der Waals surface area contributed by atoms with Crippen molar-refractivity contribution in [2.24, 2.45) is 5.92 Å². The van der Waals surface area contributed by atoms with Gasteiger partial charge in [0.2, 0.25) is 5.91 Å². The van der Waals surface area contributed by atoms with Crippen LogP contribution in [0.2, 0.25) is 0 Å². The normalized spacial score (nSPS) is 20.6. The fourth-order valence-electron chi connectivity index (χ4n) is 3.60. The lowest BCUT2D eigenvalue weighted by molar-refractivity contribution is -0.131. The molecule has 5 nitrogen and oxygen atoms in total. The number of nitrogens with zero attached hydrogens (tertiary/aromatic N) is 3. The van der Waals surface area contributed by atoms with Crippen molar-refractivity contribution in [1.29, 1.82) is 0 Å². The molecule has 0 aliphatic carbocycles. The largest absolute Gasteiger partial charge is 0.343 e. The first-order valence-electron chi connectivity index (χ1n) is 9.20. The fraction of sp³-hybridized carbons (Fsp3) is 0.500. The maximum absolute atomic E-state index is 11.6. The predicted molar refractivity (Wildman–Crippen MR) is 99.1 cm³/mol. The van der Waals surface area contributed by atoms with Crippen LogP contribution in [0.15, 0.2) is 42.7 Å². The molecule has 1 aromatic carbocycles. The molecule has 134 valence electrons. The summed E-state index contributed by atoms with van der Waals surface area (Å²) in [4.78, 5) is 13.6. The van der Waals surface area contributed by atoms with Gasteiger partial charge in [0, 0.05) is 44.4 Å². The number of likely N-dealkylation sites (tertiary alicyclic amines) is 1. The Bertz CT molecular complexity index is 682. The zero-order chi connectivity index (χ0) is 17.6. The van der Waals surface area contributed by atoms with Crippen molar-refractivity contribution in [1.82, 2.24) is 20.0 Å². The summed E-state index contributed by atoms with van der Waals surface area (Å²) >= 11 is 0. The van der Waals surface area contributed by atoms with Gasteiger partial charge in [-0.1, -0.05) is 43.7 Å². The molecule has 1 saturated heterocycles. The predicted octanol–water partition coefficient (Wildman–Crippen LogP) is 2.67. The number of amides is 1. The third-order valence-electron chi connectivity index (χ3n) is 5.15. The molecule has 1 aromatic heterocycles. The zero-order valence-electron chi connectivity index (χ0n) is 15.2. The Morgan fingerprint density at radius 1 is 1.28 bits per heavy atom. The van der Waals surface area contributed by atoms with Crippen LogP contribution < -0.4 is 5.32 Å². The van der Waals surface area contributed by atoms with Gasteiger partial charge >= 0.3 is 0 Å². The highest BCUT2D eigenvalue weighted by molar-refractivity contribution is 5.73. The Hall–Kier alpha value is -2.14. The Morgan fingerprint density at radius 2 is 2.08 bits per heavy atom. The van der Waals surface area contributed by atoms with Crippen LogP contribution in [0.1, 0.15) is 37.8 Å². The minimum atomic E-state index is 0.194. The molecule has 2 heterocycles. The van der Waals surface area contributed by atoms with Gasteiger partial charge in [-0.15, -0.1) is 0 Å². The van der Waals surface area contributed by atoms with E-state index in [0.717, 1.165) is 39.0 Å². The van der Waals surface area contributed by atoms with Crippen molar-refractivity contribution in [3.63, 3.8) is 0 Å². The number of nitrogens with one attached hydrogen (secondary N) is 1. The second-order valence-corrected chi connectivity index (χ2v) is 6.94. The first kappa shape index (κ1) is 17.7. The van der Waals surface area contributed by atoms with Crippen LogP contribution in [0.25, 0.3) is 0 Å². The molecule has 2 atom stereocenters. The SMILES string of the molecule is CC[C@H]1CN(C(C)=O)CC[C@@H]1NCc1cnn(Cc2ccccc2)c1. The Labute approximate surface area is 150 Å². The van der Waals surface area contributed by atoms with E-state index in [2.05, 4.69) is 47.8 Å². The molecule has 1 aliphatic heterocycles. The number of aromatic nitrogens is 2. The van der Waals surface area contributed by atoms with Crippen molar-refractivity contribution in [2.45, 2.75) is 45.8 Å². The molecule has 0 radical (unpaired) electrons. The van der Waals surface area contributed by atoms with E-state index in [-0.39, 0.29) is 5.91 Å². The lowest BCUT2D eigenvalue weighted by Gasteiger charge is -2.38. The summed E-state index contributed by atoms with van der Waals surface area (Å²) in [5, 5.41) is 8.16. The van der Waals surface area contributed by atoms with Crippen LogP contribution in [-0.4, -0.2) is 39.7 Å². The van der Waals surface area contributed by atoms with Crippen LogP contribution in [0, 0.1) is 5.92 Å². The van der Waals surface area contributed by atoms with Crippen LogP contribution in [0.3, 0.4) is 0 Å². The molecule has 1 fully saturated rings. The van der Waals surface area contributed by atoms with Crippen LogP contribution >= 0.6 is 0 Å². The zero-order valence-corrected chi connectivity index (χ0v) is 15.2. The van der Waals surface area contributed by atoms with Gasteiger partial charge in [-0.3, -0.25) is 9.48 Å². The van der Waals surface area contributed by atoms with Crippen molar-refractivity contribution in [3.8, 4) is 0 Å². The lowest BCUT2D eigenvalue weighted by Crippen LogP contribution is -2.50. The highest BCUT2D eigenvalue weighted by Crippen LogP contribution is 2.20. The van der Waals surface area contributed by atoms with Gasteiger partial charge in [0.25, 0.3) is 0 Å². The molecule has 1 N–H and O–H groups in total. The summed E-state index contributed by atoms with van der Waals surface area (Å²) in [6, 6.07) is 10.9. The molecule has 0 spiro atoms. The number of carbonyl (C=O) groups is 1. The van der Waals surface area contributed by atoms with Crippen molar-refractivity contribution < 1.29 is 4.79 Å². The van der Waals surface area contributed by atoms with Gasteiger partial charge in [0.1, 0.15) is 0 Å². The van der Waals surface area contributed by atoms with Gasteiger partial charge in [-0.05, 0) is 17.9 Å². The van der Waals surface area contributed by atoms with E-state index in [4.69, 9.17) is 0 Å². The molecule has 2 aromatic rings. The summed E-state index contributed by atoms with van der Waals surface area (Å²) in [7, 11) is 0. The standard InChI is InChI=1S/C20H28N4O/c1-3-19-15-23(16(2)25)10-9-20(19)21-11-18-12-22-24(14-18)13-17-7-5-4-6-8-17/h4-8,12,14,19-21H,3,9-11,13,15H2,1-2H3/t19-,20-/m0/s1. The molecule has 0 saturated carbocycles. The van der Waals surface area contributed by atoms with E-state index < -0.39 is 0 Å². The van der Waals surface area contributed by atoms with Gasteiger partial charge in [0.15, 0.2) is 0 Å². The fourth-order valence-corrected chi connectivity index (χ4v) is 3.60. The lowest BCUT2D eigenvalue weighted by atomic mass is 9.89. The molecule has 3 rings (SSSR count). The van der Waals surface area contributed by atoms with Crippen LogP contribution in [0.4, 0.5) is 0 Å². The molecule has 1 amide bonds. The molecule has 0 bridgehead atoms. The Balaban J connectivity index is 1.52. The third-order valence-corrected chi connectivity index (χ3v) is 5.15. The molecular formula is C20H28N4O. The van der Waals surface area contributed by atoms with Gasteiger partial charge < -0.3 is 10.2 Å². The smallest absolute Gasteiger partial charge is 0.219 e. The quantitative estimate of drug-likeness (QED) is 0.879. The van der Waals surface area contributed by atoms with E-state index in [1.165, 1.54) is 11.1 Å². The van der Waals surface area contributed by atoms with Gasteiger partial charge in [0.05, 0.1) is 12.7 Å². The average molecular weight is 340 g/mol. The molecule has 5 heteroatoms. The maximum atomic E-state index is 11.6. The number of benzene rings is 1. The van der Waals surface area contributed by atoms with Crippen molar-refractivity contribution in [3.05, 3.63) is 53.9 Å². The number of piperidine rings is 1. The topological polar surface area (TPSA) is 50.2 Å². The van der Waals surface area contributed by atoms with E-state index in [1.54, 1.807) is 6.92 Å². The van der Waals surface area contributed by atoms with Gasteiger partial charge in [-0.25, -0.2) is 0 Å². The summed E-state index contributed by atoms with van der Waals surface area (Å²) < 4.78 is 1.99. The third kappa shape index (κ3) is 4.69. The molecular weight excluding hydrogens is 312 g/mol. The van der Waals surface area contributed by atoms with E-state index in [1.807, 2.05) is 21.8 Å². The number of hydrogen-bond acceptors (Lipinski definition) is 3. The Morgan fingerprint density at radius 3 is 2.80 bits per heavy atom. The van der Waals surface area contributed by atoms with Crippen LogP contribution in [0.5, 0.6) is 0 Å². The molecule has 0 unspecified atom stereocenters. The highest BCUT2D eigenvalue weighted by Gasteiger charge is 2.28. The van der Waals surface area contributed by atoms with Crippen molar-refractivity contribution >= 4 is 5.91 Å². The summed E-state index contributed by atoms with van der Waals surface area (Å²) in [5.41, 5.74) is 2.47. The highest BCUT2D eigenvalue weighted by atomic mass is 16.2. The van der Waals surface area contributed by atoms with E-state index in [9.17, 15) is 4.79 Å². The summed E-state index contributed by atoms with van der Waals surface area (Å²) in [6.07, 6.45) is 6.18. The second kappa shape index (κ2) is 8.30. The number of carbonyl (C=O) groups excluding carboxylic acids is 1. The molecule has 1 aliphatic rings. The second-order valence-electron chi connectivity index (χ2n) is 6.94. The average Bonchev–Trinajstić information content (AvgIpc) is 3.08. The number of rotatable bonds is 6. The first-order valence-corrected chi connectivity index (χ1v) is 9.20. The molecule has 25 heavy (non-hydrogen) atoms. The first-order chi connectivity index (χ1) is 12.2.